The lowest BCUT2D eigenvalue weighted by Crippen LogP contribution is -2.23. The van der Waals surface area contributed by atoms with Crippen LogP contribution in [-0.4, -0.2) is 38.3 Å². The lowest BCUT2D eigenvalue weighted by molar-refractivity contribution is 0.475. The van der Waals surface area contributed by atoms with E-state index < -0.39 is 0 Å². The fourth-order valence-corrected chi connectivity index (χ4v) is 2.22. The van der Waals surface area contributed by atoms with Gasteiger partial charge in [-0.1, -0.05) is 20.8 Å². The molecule has 1 N–H and O–H groups in total. The van der Waals surface area contributed by atoms with Gasteiger partial charge in [-0.15, -0.1) is 5.10 Å². The Kier molecular flexibility index (Phi) is 6.50. The molecule has 0 aliphatic carbocycles. The van der Waals surface area contributed by atoms with E-state index in [4.69, 9.17) is 0 Å². The van der Waals surface area contributed by atoms with E-state index >= 15 is 0 Å². The first-order valence-corrected chi connectivity index (χ1v) is 7.35. The molecule has 0 saturated carbocycles. The Hall–Kier alpha value is -0.620. The molecule has 1 atom stereocenters. The first-order valence-electron chi connectivity index (χ1n) is 6.20. The number of rotatable bonds is 8. The van der Waals surface area contributed by atoms with Crippen LogP contribution >= 0.6 is 11.8 Å². The number of hydrogen-bond donors (Lipinski definition) is 1. The minimum atomic E-state index is 0.353. The Bertz CT molecular complexity index is 313. The maximum absolute atomic E-state index is 4.07. The molecule has 0 bridgehead atoms. The van der Waals surface area contributed by atoms with E-state index in [1.165, 1.54) is 0 Å². The second-order valence-electron chi connectivity index (χ2n) is 4.57. The molecular weight excluding hydrogens is 234 g/mol. The van der Waals surface area contributed by atoms with Gasteiger partial charge < -0.3 is 5.32 Å². The smallest absolute Gasteiger partial charge is 0.165 e. The standard InChI is InChI=1S/C11H23N5S/c1-5-17-8-10(4)16-11(13-14-15-16)7-12-6-9(2)3/h9-10,12H,5-8H2,1-4H3. The van der Waals surface area contributed by atoms with E-state index in [9.17, 15) is 0 Å². The number of nitrogens with zero attached hydrogens (tertiary/aromatic N) is 4. The molecule has 0 amide bonds. The normalized spacial score (nSPS) is 13.2. The minimum absolute atomic E-state index is 0.353. The predicted molar refractivity (Wildman–Crippen MR) is 72.1 cm³/mol. The van der Waals surface area contributed by atoms with Crippen molar-refractivity contribution in [2.75, 3.05) is 18.1 Å². The maximum Gasteiger partial charge on any atom is 0.165 e. The summed E-state index contributed by atoms with van der Waals surface area (Å²) in [6, 6.07) is 0.353. The zero-order valence-electron chi connectivity index (χ0n) is 11.2. The van der Waals surface area contributed by atoms with E-state index in [2.05, 4.69) is 48.5 Å². The molecule has 1 unspecified atom stereocenters. The summed E-state index contributed by atoms with van der Waals surface area (Å²) in [6.45, 7) is 10.4. The van der Waals surface area contributed by atoms with E-state index in [0.717, 1.165) is 30.4 Å². The zero-order chi connectivity index (χ0) is 12.7. The lowest BCUT2D eigenvalue weighted by Gasteiger charge is -2.13. The van der Waals surface area contributed by atoms with Crippen LogP contribution in [0.4, 0.5) is 0 Å². The van der Waals surface area contributed by atoms with Crippen molar-refractivity contribution in [1.82, 2.24) is 25.5 Å². The Balaban J connectivity index is 2.47. The minimum Gasteiger partial charge on any atom is -0.310 e. The van der Waals surface area contributed by atoms with E-state index in [1.807, 2.05) is 16.4 Å². The van der Waals surface area contributed by atoms with Crippen molar-refractivity contribution in [2.24, 2.45) is 5.92 Å². The topological polar surface area (TPSA) is 55.6 Å². The monoisotopic (exact) mass is 257 g/mol. The molecular formula is C11H23N5S. The van der Waals surface area contributed by atoms with Crippen LogP contribution in [0.25, 0.3) is 0 Å². The quantitative estimate of drug-likeness (QED) is 0.768. The van der Waals surface area contributed by atoms with Gasteiger partial charge in [-0.25, -0.2) is 4.68 Å². The third kappa shape index (κ3) is 5.04. The summed E-state index contributed by atoms with van der Waals surface area (Å²) < 4.78 is 1.93. The Labute approximate surface area is 108 Å². The second-order valence-corrected chi connectivity index (χ2v) is 5.89. The van der Waals surface area contributed by atoms with Gasteiger partial charge in [0.15, 0.2) is 5.82 Å². The third-order valence-corrected chi connectivity index (χ3v) is 3.50. The average molecular weight is 257 g/mol. The number of hydrogen-bond acceptors (Lipinski definition) is 5. The molecule has 0 spiro atoms. The molecule has 0 radical (unpaired) electrons. The van der Waals surface area contributed by atoms with Crippen LogP contribution in [0.2, 0.25) is 0 Å². The maximum atomic E-state index is 4.07. The summed E-state index contributed by atoms with van der Waals surface area (Å²) in [4.78, 5) is 0. The summed E-state index contributed by atoms with van der Waals surface area (Å²) in [5.41, 5.74) is 0. The molecule has 0 fully saturated rings. The fourth-order valence-electron chi connectivity index (χ4n) is 1.50. The summed E-state index contributed by atoms with van der Waals surface area (Å²) in [5, 5.41) is 15.3. The number of thioether (sulfide) groups is 1. The van der Waals surface area contributed by atoms with Gasteiger partial charge in [-0.2, -0.15) is 11.8 Å². The van der Waals surface area contributed by atoms with Gasteiger partial charge in [0.1, 0.15) is 0 Å². The van der Waals surface area contributed by atoms with Crippen molar-refractivity contribution in [3.8, 4) is 0 Å². The van der Waals surface area contributed by atoms with Crippen LogP contribution in [0.1, 0.15) is 39.6 Å². The van der Waals surface area contributed by atoms with Gasteiger partial charge in [-0.05, 0) is 35.6 Å². The predicted octanol–water partition coefficient (Wildman–Crippen LogP) is 1.73. The molecule has 0 aliphatic rings. The van der Waals surface area contributed by atoms with Crippen molar-refractivity contribution in [3.05, 3.63) is 5.82 Å². The molecule has 1 aromatic heterocycles. The van der Waals surface area contributed by atoms with Gasteiger partial charge in [0.2, 0.25) is 0 Å². The number of aromatic nitrogens is 4. The highest BCUT2D eigenvalue weighted by Crippen LogP contribution is 2.13. The SMILES string of the molecule is CCSCC(C)n1nnnc1CNCC(C)C. The lowest BCUT2D eigenvalue weighted by atomic mass is 10.2. The molecule has 5 nitrogen and oxygen atoms in total. The van der Waals surface area contributed by atoms with Crippen LogP contribution in [0.3, 0.4) is 0 Å². The molecule has 0 saturated heterocycles. The summed E-state index contributed by atoms with van der Waals surface area (Å²) >= 11 is 1.92. The highest BCUT2D eigenvalue weighted by Gasteiger charge is 2.12. The van der Waals surface area contributed by atoms with E-state index in [0.29, 0.717) is 12.0 Å². The Morgan fingerprint density at radius 1 is 1.35 bits per heavy atom. The summed E-state index contributed by atoms with van der Waals surface area (Å²) in [6.07, 6.45) is 0. The second kappa shape index (κ2) is 7.66. The van der Waals surface area contributed by atoms with Crippen LogP contribution in [-0.2, 0) is 6.54 Å². The van der Waals surface area contributed by atoms with Crippen LogP contribution < -0.4 is 5.32 Å². The van der Waals surface area contributed by atoms with Crippen LogP contribution in [0, 0.1) is 5.92 Å². The van der Waals surface area contributed by atoms with Gasteiger partial charge >= 0.3 is 0 Å². The molecule has 1 aromatic rings. The van der Waals surface area contributed by atoms with Crippen molar-refractivity contribution < 1.29 is 0 Å². The first-order chi connectivity index (χ1) is 8.15. The number of tetrazole rings is 1. The zero-order valence-corrected chi connectivity index (χ0v) is 12.0. The first kappa shape index (κ1) is 14.4. The highest BCUT2D eigenvalue weighted by atomic mass is 32.2. The van der Waals surface area contributed by atoms with Gasteiger partial charge in [0.25, 0.3) is 0 Å². The molecule has 1 heterocycles. The molecule has 6 heteroatoms. The summed E-state index contributed by atoms with van der Waals surface area (Å²) in [5.74, 6) is 3.76. The number of nitrogens with one attached hydrogen (secondary N) is 1. The van der Waals surface area contributed by atoms with Gasteiger partial charge in [0, 0.05) is 5.75 Å². The third-order valence-electron chi connectivity index (χ3n) is 2.38. The van der Waals surface area contributed by atoms with Crippen molar-refractivity contribution in [1.29, 1.82) is 0 Å². The van der Waals surface area contributed by atoms with E-state index in [1.54, 1.807) is 0 Å². The molecule has 1 rings (SSSR count). The average Bonchev–Trinajstić information content (AvgIpc) is 2.73. The fraction of sp³-hybridized carbons (Fsp3) is 0.909. The van der Waals surface area contributed by atoms with Crippen molar-refractivity contribution in [3.63, 3.8) is 0 Å². The molecule has 17 heavy (non-hydrogen) atoms. The van der Waals surface area contributed by atoms with Crippen LogP contribution in [0.5, 0.6) is 0 Å². The Morgan fingerprint density at radius 3 is 2.76 bits per heavy atom. The largest absolute Gasteiger partial charge is 0.310 e. The molecule has 0 aliphatic heterocycles. The molecule has 98 valence electrons. The Morgan fingerprint density at radius 2 is 2.12 bits per heavy atom. The van der Waals surface area contributed by atoms with Crippen LogP contribution in [0.15, 0.2) is 0 Å². The van der Waals surface area contributed by atoms with Crippen molar-refractivity contribution >= 4 is 11.8 Å². The van der Waals surface area contributed by atoms with E-state index in [-0.39, 0.29) is 0 Å². The summed E-state index contributed by atoms with van der Waals surface area (Å²) in [7, 11) is 0. The van der Waals surface area contributed by atoms with Gasteiger partial charge in [-0.3, -0.25) is 0 Å². The van der Waals surface area contributed by atoms with Gasteiger partial charge in [0.05, 0.1) is 12.6 Å². The van der Waals surface area contributed by atoms with Crippen molar-refractivity contribution in [2.45, 2.75) is 40.3 Å². The highest BCUT2D eigenvalue weighted by molar-refractivity contribution is 7.99. The molecule has 0 aromatic carbocycles.